The normalized spacial score (nSPS) is 10.1. The minimum atomic E-state index is -1.44. The molecule has 1 atom stereocenters. The molecule has 0 saturated carbocycles. The molecule has 0 rings (SSSR count). The van der Waals surface area contributed by atoms with Gasteiger partial charge in [0.1, 0.15) is 0 Å². The molecule has 0 bridgehead atoms. The molecule has 106 valence electrons. The van der Waals surface area contributed by atoms with Crippen molar-refractivity contribution in [2.75, 3.05) is 0 Å². The van der Waals surface area contributed by atoms with Crippen LogP contribution in [0.25, 0.3) is 0 Å². The molecule has 0 aliphatic rings. The van der Waals surface area contributed by atoms with Crippen molar-refractivity contribution in [1.82, 2.24) is 6.15 Å². The molecule has 0 fully saturated rings. The Balaban J connectivity index is -0.000000251. The van der Waals surface area contributed by atoms with Gasteiger partial charge in [0, 0.05) is 12.0 Å². The predicted molar refractivity (Wildman–Crippen MR) is 51.2 cm³/mol. The summed E-state index contributed by atoms with van der Waals surface area (Å²) in [5, 5.41) is 35.1. The van der Waals surface area contributed by atoms with Crippen LogP contribution >= 0.6 is 0 Å². The maximum Gasteiger partial charge on any atom is 0.520 e. The highest BCUT2D eigenvalue weighted by Crippen LogP contribution is 1.90. The van der Waals surface area contributed by atoms with E-state index in [0.29, 0.717) is 0 Å². The molecule has 0 aromatic carbocycles. The summed E-state index contributed by atoms with van der Waals surface area (Å²) in [6.07, 6.45) is -3.38. The van der Waals surface area contributed by atoms with E-state index in [-0.39, 0.29) is 24.3 Å². The van der Waals surface area contributed by atoms with Gasteiger partial charge in [-0.3, -0.25) is 0 Å². The highest BCUT2D eigenvalue weighted by Gasteiger charge is 2.06. The summed E-state index contributed by atoms with van der Waals surface area (Å²) < 4.78 is 0. The first-order chi connectivity index (χ1) is 7.66. The Morgan fingerprint density at radius 1 is 1.11 bits per heavy atom. The third kappa shape index (κ3) is 19.4. The number of hydrogen-bond donors (Lipinski definition) is 5. The Kier molecular flexibility index (Phi) is 13.2. The smallest absolute Gasteiger partial charge is 0.520 e. The van der Waals surface area contributed by atoms with Crippen molar-refractivity contribution < 1.29 is 44.9 Å². The maximum absolute atomic E-state index is 9.86. The number of imide groups is 1. The van der Waals surface area contributed by atoms with Crippen LogP contribution in [0.1, 0.15) is 12.8 Å². The van der Waals surface area contributed by atoms with E-state index < -0.39 is 30.2 Å². The van der Waals surface area contributed by atoms with Crippen molar-refractivity contribution in [2.24, 2.45) is 5.73 Å². The van der Waals surface area contributed by atoms with Crippen molar-refractivity contribution in [2.45, 2.75) is 18.9 Å². The molecule has 18 heavy (non-hydrogen) atoms. The summed E-state index contributed by atoms with van der Waals surface area (Å²) in [6, 6.07) is -1.21. The van der Waals surface area contributed by atoms with Gasteiger partial charge >= 0.3 is 12.2 Å². The molecular weight excluding hydrogens is 254 g/mol. The number of aliphatic carboxylic acids is 2. The van der Waals surface area contributed by atoms with Crippen molar-refractivity contribution >= 4 is 24.1 Å². The second kappa shape index (κ2) is 11.3. The van der Waals surface area contributed by atoms with Gasteiger partial charge in [0.25, 0.3) is 0 Å². The van der Waals surface area contributed by atoms with E-state index in [1.807, 2.05) is 0 Å². The highest BCUT2D eigenvalue weighted by molar-refractivity contribution is 5.72. The predicted octanol–water partition coefficient (Wildman–Crippen LogP) is -4.12. The Morgan fingerprint density at radius 2 is 1.50 bits per heavy atom. The molecule has 11 nitrogen and oxygen atoms in total. The van der Waals surface area contributed by atoms with E-state index in [0.717, 1.165) is 0 Å². The van der Waals surface area contributed by atoms with Crippen molar-refractivity contribution in [3.8, 4) is 0 Å². The third-order valence-electron chi connectivity index (χ3n) is 1.21. The lowest BCUT2D eigenvalue weighted by Crippen LogP contribution is -2.90. The molecule has 0 unspecified atom stereocenters. The molecule has 0 radical (unpaired) electrons. The number of carbonyl (C=O) groups excluding carboxylic acids is 2. The molecule has 0 spiro atoms. The molecule has 0 aromatic rings. The highest BCUT2D eigenvalue weighted by atomic mass is 16.4. The third-order valence-corrected chi connectivity index (χ3v) is 1.21. The van der Waals surface area contributed by atoms with E-state index in [9.17, 15) is 29.4 Å². The second-order valence-corrected chi connectivity index (χ2v) is 2.66. The zero-order valence-corrected chi connectivity index (χ0v) is 9.49. The van der Waals surface area contributed by atoms with Gasteiger partial charge in [0.15, 0.2) is 0 Å². The first-order valence-electron chi connectivity index (χ1n) is 4.13. The van der Waals surface area contributed by atoms with Crippen LogP contribution in [0, 0.1) is 0 Å². The van der Waals surface area contributed by atoms with E-state index in [2.05, 4.69) is 0 Å². The monoisotopic (exact) mass is 269 g/mol. The fraction of sp³-hybridized carbons (Fsp3) is 0.429. The molecule has 0 aliphatic heterocycles. The lowest BCUT2D eigenvalue weighted by molar-refractivity contribution is -0.481. The summed E-state index contributed by atoms with van der Waals surface area (Å²) in [5.74, 6) is -2.75. The van der Waals surface area contributed by atoms with Crippen LogP contribution in [-0.2, 0) is 9.59 Å². The fourth-order valence-corrected chi connectivity index (χ4v) is 0.497. The minimum Gasteiger partial charge on any atom is -0.550 e. The summed E-state index contributed by atoms with van der Waals surface area (Å²) in [7, 11) is 0. The fourth-order valence-electron chi connectivity index (χ4n) is 0.497. The van der Waals surface area contributed by atoms with Gasteiger partial charge in [-0.25, -0.2) is 0 Å². The van der Waals surface area contributed by atoms with Crippen LogP contribution in [0.15, 0.2) is 0 Å². The van der Waals surface area contributed by atoms with E-state index >= 15 is 0 Å². The van der Waals surface area contributed by atoms with E-state index in [1.54, 1.807) is 0 Å². The van der Waals surface area contributed by atoms with Crippen molar-refractivity contribution in [3.63, 3.8) is 0 Å². The van der Waals surface area contributed by atoms with Gasteiger partial charge in [-0.2, -0.15) is 9.59 Å². The summed E-state index contributed by atoms with van der Waals surface area (Å²) in [4.78, 5) is 38.4. The Morgan fingerprint density at radius 3 is 1.67 bits per heavy atom. The summed E-state index contributed by atoms with van der Waals surface area (Å²) in [5.41, 5.74) is 4.91. The van der Waals surface area contributed by atoms with E-state index in [4.69, 9.17) is 15.9 Å². The van der Waals surface area contributed by atoms with Gasteiger partial charge < -0.3 is 41.9 Å². The number of carbonyl (C=O) groups is 4. The van der Waals surface area contributed by atoms with E-state index in [1.165, 1.54) is 0 Å². The molecule has 0 aliphatic carbocycles. The zero-order valence-electron chi connectivity index (χ0n) is 9.49. The van der Waals surface area contributed by atoms with Crippen LogP contribution in [0.5, 0.6) is 0 Å². The van der Waals surface area contributed by atoms with Gasteiger partial charge in [-0.1, -0.05) is 0 Å². The number of nitrogens with two attached hydrogens (primary N) is 2. The average Bonchev–Trinajstić information content (AvgIpc) is 2.12. The van der Waals surface area contributed by atoms with Crippen LogP contribution in [0.2, 0.25) is 0 Å². The minimum absolute atomic E-state index is 0. The first kappa shape index (κ1) is 21.1. The SMILES string of the molecule is N[C@@H](CCC(=O)[O-])C(=O)[O-].O=C(O)[NH2+]C(=O)O.[NH4+]. The molecule has 11 heteroatoms. The standard InChI is InChI=1S/C5H9NO4.C2H3NO4.H3N/c6-3(5(9)10)1-2-4(7)8;4-1(5)3-2(6)7;/h3H,1-2,6H2,(H,7,8)(H,9,10);3H,(H,4,5)(H,6,7);1H3/t3-;;/m0../s1. The summed E-state index contributed by atoms with van der Waals surface area (Å²) in [6.45, 7) is 0. The first-order valence-corrected chi connectivity index (χ1v) is 4.13. The second-order valence-electron chi connectivity index (χ2n) is 2.66. The average molecular weight is 269 g/mol. The van der Waals surface area contributed by atoms with Crippen LogP contribution in [-0.4, -0.2) is 40.4 Å². The molecule has 10 N–H and O–H groups in total. The Hall–Kier alpha value is -2.24. The number of carboxylic acid groups (broad SMARTS) is 4. The topological polar surface area (TPSA) is 234 Å². The number of rotatable bonds is 4. The lowest BCUT2D eigenvalue weighted by atomic mass is 10.2. The summed E-state index contributed by atoms with van der Waals surface area (Å²) >= 11 is 0. The quantitative estimate of drug-likeness (QED) is 0.332. The molecule has 0 heterocycles. The molecule has 2 amide bonds. The molecule has 0 aromatic heterocycles. The number of primary amides is 2. The van der Waals surface area contributed by atoms with Gasteiger partial charge in [-0.05, 0) is 12.8 Å². The van der Waals surface area contributed by atoms with Gasteiger partial charge in [0.05, 0.1) is 5.97 Å². The lowest BCUT2D eigenvalue weighted by Gasteiger charge is -2.11. The Labute approximate surface area is 101 Å². The van der Waals surface area contributed by atoms with Gasteiger partial charge in [-0.15, -0.1) is 5.32 Å². The molecule has 0 saturated heterocycles. The number of amides is 2. The van der Waals surface area contributed by atoms with Crippen molar-refractivity contribution in [3.05, 3.63) is 0 Å². The van der Waals surface area contributed by atoms with Crippen LogP contribution in [0.4, 0.5) is 9.59 Å². The number of carboxylic acids is 2. The number of hydrogen-bond acceptors (Lipinski definition) is 7. The van der Waals surface area contributed by atoms with Gasteiger partial charge in [0.2, 0.25) is 0 Å². The number of quaternary nitrogens is 2. The van der Waals surface area contributed by atoms with Crippen LogP contribution in [0.3, 0.4) is 0 Å². The largest absolute Gasteiger partial charge is 0.550 e. The van der Waals surface area contributed by atoms with Crippen molar-refractivity contribution in [1.29, 1.82) is 0 Å². The van der Waals surface area contributed by atoms with Crippen LogP contribution < -0.4 is 27.4 Å². The maximum atomic E-state index is 9.86. The Bertz CT molecular complexity index is 293. The molecular formula is C7H15N3O8. The zero-order chi connectivity index (χ0) is 14.0.